The number of nitrogens with one attached hydrogen (secondary N) is 2. The molecule has 0 unspecified atom stereocenters. The summed E-state index contributed by atoms with van der Waals surface area (Å²) in [5, 5.41) is 10.1. The van der Waals surface area contributed by atoms with Gasteiger partial charge >= 0.3 is 0 Å². The van der Waals surface area contributed by atoms with Gasteiger partial charge in [0.15, 0.2) is 0 Å². The van der Waals surface area contributed by atoms with Crippen LogP contribution in [0.3, 0.4) is 0 Å². The number of piperidine rings is 3. The van der Waals surface area contributed by atoms with Gasteiger partial charge in [-0.2, -0.15) is 5.10 Å². The quantitative estimate of drug-likeness (QED) is 0.169. The van der Waals surface area contributed by atoms with Gasteiger partial charge in [-0.25, -0.2) is 18.4 Å². The van der Waals surface area contributed by atoms with Crippen LogP contribution in [0.25, 0.3) is 22.3 Å². The smallest absolute Gasteiger partial charge is 0.258 e. The Kier molecular flexibility index (Phi) is 11.6. The van der Waals surface area contributed by atoms with Crippen LogP contribution in [0.1, 0.15) is 91.0 Å². The predicted octanol–water partition coefficient (Wildman–Crippen LogP) is 7.13. The largest absolute Gasteiger partial charge is 0.477 e. The van der Waals surface area contributed by atoms with Crippen molar-refractivity contribution in [1.29, 1.82) is 0 Å². The molecular weight excluding hydrogens is 831 g/mol. The first kappa shape index (κ1) is 43.0. The Morgan fingerprint density at radius 1 is 0.831 bits per heavy atom. The van der Waals surface area contributed by atoms with Crippen molar-refractivity contribution < 1.29 is 27.9 Å². The number of hydrogen-bond donors (Lipinski definition) is 2. The number of aromatic nitrogens is 5. The second-order valence-corrected chi connectivity index (χ2v) is 19.2. The molecule has 4 fully saturated rings. The zero-order valence-corrected chi connectivity index (χ0v) is 37.7. The number of aryl methyl sites for hydroxylation is 3. The lowest BCUT2D eigenvalue weighted by molar-refractivity contribution is -0.134. The SMILES string of the molecule is Cc1cc2cc(n1)-c1c(C)nn(C)c1OC[C@H]1CC[C@H](C1)Cn1c(nc3ccc(N4CCC(CN(C)C5CCN(c6cc(F)c([C@H]7CCC(=O)NC7=O)c(F)c6)CC5)CC4)cc31)NC2=O. The van der Waals surface area contributed by atoms with Gasteiger partial charge in [0.1, 0.15) is 11.6 Å². The first-order valence-corrected chi connectivity index (χ1v) is 23.3. The van der Waals surface area contributed by atoms with E-state index in [1.165, 1.54) is 12.1 Å². The number of fused-ring (bicyclic) bond motifs is 9. The standard InChI is InChI=1S/C49H58F2N10O4/c1-28-19-33-21-41(52-28)44-29(2)56-58(4)48(44)65-27-32-6-5-31(20-32)26-61-42-24-35(7-9-40(42)53-49(61)55-46(33)63)59-15-11-30(12-16-59)25-57(3)34-13-17-60(18-14-34)36-22-38(50)45(39(51)23-36)37-8-10-43(62)54-47(37)64/h7,9,19,21-24,30-32,34,37H,5-6,8,10-18,20,25-27H2,1-4H3,(H,53,55,63)(H,54,62,64)/t31-,32+,37-/m1/s1. The molecule has 65 heavy (non-hydrogen) atoms. The monoisotopic (exact) mass is 888 g/mol. The average Bonchev–Trinajstić information content (AvgIpc) is 3.96. The van der Waals surface area contributed by atoms with Gasteiger partial charge in [-0.3, -0.25) is 30.0 Å². The Hall–Kier alpha value is -5.90. The van der Waals surface area contributed by atoms with Gasteiger partial charge in [0.25, 0.3) is 5.91 Å². The van der Waals surface area contributed by atoms with Crippen LogP contribution in [0, 0.1) is 43.2 Å². The van der Waals surface area contributed by atoms with Crippen molar-refractivity contribution in [3.8, 4) is 17.1 Å². The highest BCUT2D eigenvalue weighted by Gasteiger charge is 2.35. The molecule has 5 aliphatic rings. The highest BCUT2D eigenvalue weighted by atomic mass is 19.1. The molecule has 16 heteroatoms. The summed E-state index contributed by atoms with van der Waals surface area (Å²) in [5.41, 5.74) is 6.77. The molecule has 3 atom stereocenters. The summed E-state index contributed by atoms with van der Waals surface area (Å²) in [6.07, 6.45) is 7.22. The highest BCUT2D eigenvalue weighted by molar-refractivity contribution is 6.05. The van der Waals surface area contributed by atoms with E-state index in [1.807, 2.05) is 37.9 Å². The minimum Gasteiger partial charge on any atom is -0.477 e. The van der Waals surface area contributed by atoms with E-state index in [4.69, 9.17) is 14.7 Å². The number of rotatable bonds is 6. The highest BCUT2D eigenvalue weighted by Crippen LogP contribution is 2.39. The summed E-state index contributed by atoms with van der Waals surface area (Å²) in [6, 6.07) is 13.2. The molecule has 10 rings (SSSR count). The molecule has 5 aromatic rings. The maximum Gasteiger partial charge on any atom is 0.258 e. The molecule has 2 N–H and O–H groups in total. The van der Waals surface area contributed by atoms with Crippen molar-refractivity contribution >= 4 is 46.1 Å². The van der Waals surface area contributed by atoms with Gasteiger partial charge in [-0.15, -0.1) is 0 Å². The third kappa shape index (κ3) is 8.57. The number of anilines is 3. The Morgan fingerprint density at radius 2 is 1.55 bits per heavy atom. The van der Waals surface area contributed by atoms with E-state index in [9.17, 15) is 14.4 Å². The van der Waals surface area contributed by atoms with Crippen molar-refractivity contribution in [2.24, 2.45) is 24.8 Å². The molecule has 0 radical (unpaired) electrons. The Morgan fingerprint density at radius 3 is 2.31 bits per heavy atom. The third-order valence-electron chi connectivity index (χ3n) is 14.8. The third-order valence-corrected chi connectivity index (χ3v) is 14.8. The number of carbonyl (C=O) groups excluding carboxylic acids is 3. The summed E-state index contributed by atoms with van der Waals surface area (Å²) in [7, 11) is 4.09. The summed E-state index contributed by atoms with van der Waals surface area (Å²) in [4.78, 5) is 54.8. The van der Waals surface area contributed by atoms with Crippen LogP contribution < -0.4 is 25.2 Å². The lowest BCUT2D eigenvalue weighted by Gasteiger charge is -2.41. The molecule has 4 aliphatic heterocycles. The van der Waals surface area contributed by atoms with E-state index in [0.29, 0.717) is 72.3 Å². The summed E-state index contributed by atoms with van der Waals surface area (Å²) in [5.74, 6) is -1.19. The van der Waals surface area contributed by atoms with Crippen LogP contribution in [0.2, 0.25) is 0 Å². The molecule has 14 nitrogen and oxygen atoms in total. The van der Waals surface area contributed by atoms with Crippen LogP contribution in [-0.4, -0.2) is 99.4 Å². The summed E-state index contributed by atoms with van der Waals surface area (Å²) >= 11 is 0. The number of imide groups is 1. The molecular formula is C49H58F2N10O4. The number of hydrogen-bond acceptors (Lipinski definition) is 10. The van der Waals surface area contributed by atoms with E-state index < -0.39 is 29.4 Å². The van der Waals surface area contributed by atoms with Crippen LogP contribution >= 0.6 is 0 Å². The maximum absolute atomic E-state index is 15.3. The molecule has 7 heterocycles. The summed E-state index contributed by atoms with van der Waals surface area (Å²) in [6.45, 7) is 9.44. The number of amides is 3. The molecule has 4 bridgehead atoms. The van der Waals surface area contributed by atoms with E-state index in [2.05, 4.69) is 55.3 Å². The number of imidazole rings is 1. The number of nitrogens with zero attached hydrogens (tertiary/aromatic N) is 8. The second-order valence-electron chi connectivity index (χ2n) is 19.2. The average molecular weight is 889 g/mol. The van der Waals surface area contributed by atoms with Gasteiger partial charge in [-0.1, -0.05) is 0 Å². The number of halogens is 2. The number of carbonyl (C=O) groups is 3. The van der Waals surface area contributed by atoms with E-state index >= 15 is 8.78 Å². The number of ether oxygens (including phenoxy) is 1. The van der Waals surface area contributed by atoms with Crippen molar-refractivity contribution in [2.45, 2.75) is 90.1 Å². The zero-order valence-electron chi connectivity index (χ0n) is 37.7. The predicted molar refractivity (Wildman–Crippen MR) is 244 cm³/mol. The van der Waals surface area contributed by atoms with E-state index in [1.54, 1.807) is 4.68 Å². The molecule has 1 saturated carbocycles. The fraction of sp³-hybridized carbons (Fsp3) is 0.510. The fourth-order valence-electron chi connectivity index (χ4n) is 11.3. The van der Waals surface area contributed by atoms with Crippen LogP contribution in [-0.2, 0) is 23.2 Å². The number of benzene rings is 2. The maximum atomic E-state index is 15.3. The molecule has 1 aliphatic carbocycles. The molecule has 0 spiro atoms. The van der Waals surface area contributed by atoms with Gasteiger partial charge in [0.05, 0.1) is 40.5 Å². The van der Waals surface area contributed by atoms with Crippen LogP contribution in [0.4, 0.5) is 26.1 Å². The normalized spacial score (nSPS) is 22.3. The first-order chi connectivity index (χ1) is 31.3. The van der Waals surface area contributed by atoms with E-state index in [0.717, 1.165) is 105 Å². The van der Waals surface area contributed by atoms with Gasteiger partial charge in [0.2, 0.25) is 23.6 Å². The van der Waals surface area contributed by atoms with Crippen LogP contribution in [0.15, 0.2) is 42.5 Å². The molecule has 3 amide bonds. The van der Waals surface area contributed by atoms with Crippen LogP contribution in [0.5, 0.6) is 5.88 Å². The summed E-state index contributed by atoms with van der Waals surface area (Å²) < 4.78 is 41.1. The van der Waals surface area contributed by atoms with Crippen molar-refractivity contribution in [3.05, 3.63) is 76.6 Å². The zero-order chi connectivity index (χ0) is 45.1. The number of pyridine rings is 1. The second kappa shape index (κ2) is 17.5. The molecule has 342 valence electrons. The fourth-order valence-corrected chi connectivity index (χ4v) is 11.3. The minimum atomic E-state index is -1.00. The molecule has 3 saturated heterocycles. The minimum absolute atomic E-state index is 0.0626. The molecule has 3 aromatic heterocycles. The topological polar surface area (TPSA) is 143 Å². The first-order valence-electron chi connectivity index (χ1n) is 23.3. The Balaban J connectivity index is 0.791. The van der Waals surface area contributed by atoms with Crippen molar-refractivity contribution in [3.63, 3.8) is 0 Å². The van der Waals surface area contributed by atoms with Gasteiger partial charge < -0.3 is 24.0 Å². The van der Waals surface area contributed by atoms with Gasteiger partial charge in [-0.05, 0) is 132 Å². The lowest BCUT2D eigenvalue weighted by atomic mass is 9.89. The van der Waals surface area contributed by atoms with Crippen molar-refractivity contribution in [1.82, 2.24) is 34.5 Å². The van der Waals surface area contributed by atoms with Gasteiger partial charge in [0, 0.05) is 87.0 Å². The lowest BCUT2D eigenvalue weighted by Crippen LogP contribution is -2.46. The Labute approximate surface area is 377 Å². The van der Waals surface area contributed by atoms with E-state index in [-0.39, 0.29) is 24.3 Å². The van der Waals surface area contributed by atoms with Crippen molar-refractivity contribution in [2.75, 3.05) is 61.5 Å². The molecule has 2 aromatic carbocycles. The Bertz CT molecular complexity index is 2640.